The fourth-order valence-electron chi connectivity index (χ4n) is 1.48. The van der Waals surface area contributed by atoms with Gasteiger partial charge in [-0.2, -0.15) is 0 Å². The Kier molecular flexibility index (Phi) is 8.14. The van der Waals surface area contributed by atoms with Gasteiger partial charge in [0, 0.05) is 25.8 Å². The quantitative estimate of drug-likeness (QED) is 0.587. The molecule has 1 unspecified atom stereocenters. The SMILES string of the molecule is CCOCCCNC(=O)NC(CC(=O)O)C(C)(C)C. The van der Waals surface area contributed by atoms with Crippen molar-refractivity contribution in [3.05, 3.63) is 0 Å². The number of ether oxygens (including phenoxy) is 1. The number of nitrogens with one attached hydrogen (secondary N) is 2. The molecule has 0 aromatic carbocycles. The van der Waals surface area contributed by atoms with E-state index in [0.29, 0.717) is 19.8 Å². The molecule has 0 aliphatic carbocycles. The molecule has 0 bridgehead atoms. The van der Waals surface area contributed by atoms with E-state index in [1.807, 2.05) is 27.7 Å². The van der Waals surface area contributed by atoms with Crippen LogP contribution in [0.1, 0.15) is 40.5 Å². The number of amides is 2. The molecule has 19 heavy (non-hydrogen) atoms. The molecule has 0 fully saturated rings. The molecule has 0 saturated carbocycles. The summed E-state index contributed by atoms with van der Waals surface area (Å²) in [7, 11) is 0. The van der Waals surface area contributed by atoms with E-state index in [9.17, 15) is 9.59 Å². The Balaban J connectivity index is 4.07. The van der Waals surface area contributed by atoms with Crippen molar-refractivity contribution in [2.75, 3.05) is 19.8 Å². The number of hydrogen-bond donors (Lipinski definition) is 3. The van der Waals surface area contributed by atoms with Crippen molar-refractivity contribution in [3.8, 4) is 0 Å². The molecule has 6 heteroatoms. The summed E-state index contributed by atoms with van der Waals surface area (Å²) in [5, 5.41) is 14.2. The molecule has 3 N–H and O–H groups in total. The molecule has 0 aromatic rings. The Hall–Kier alpha value is -1.30. The number of carbonyl (C=O) groups is 2. The molecule has 0 aliphatic heterocycles. The minimum Gasteiger partial charge on any atom is -0.481 e. The van der Waals surface area contributed by atoms with Crippen LogP contribution < -0.4 is 10.6 Å². The third kappa shape index (κ3) is 9.30. The predicted molar refractivity (Wildman–Crippen MR) is 73.1 cm³/mol. The molecule has 112 valence electrons. The first-order valence-corrected chi connectivity index (χ1v) is 6.61. The van der Waals surface area contributed by atoms with Gasteiger partial charge >= 0.3 is 12.0 Å². The monoisotopic (exact) mass is 274 g/mol. The Bertz CT molecular complexity index is 287. The van der Waals surface area contributed by atoms with Crippen LogP contribution in [0.15, 0.2) is 0 Å². The zero-order chi connectivity index (χ0) is 14.9. The van der Waals surface area contributed by atoms with Crippen molar-refractivity contribution in [2.24, 2.45) is 5.41 Å². The van der Waals surface area contributed by atoms with Crippen molar-refractivity contribution in [1.29, 1.82) is 0 Å². The molecule has 2 amide bonds. The zero-order valence-electron chi connectivity index (χ0n) is 12.3. The lowest BCUT2D eigenvalue weighted by atomic mass is 9.85. The number of carbonyl (C=O) groups excluding carboxylic acids is 1. The van der Waals surface area contributed by atoms with Gasteiger partial charge in [-0.05, 0) is 18.8 Å². The van der Waals surface area contributed by atoms with Gasteiger partial charge in [0.2, 0.25) is 0 Å². The average Bonchev–Trinajstić information content (AvgIpc) is 2.26. The Morgan fingerprint density at radius 1 is 1.32 bits per heavy atom. The number of hydrogen-bond acceptors (Lipinski definition) is 3. The van der Waals surface area contributed by atoms with E-state index >= 15 is 0 Å². The van der Waals surface area contributed by atoms with Gasteiger partial charge in [0.1, 0.15) is 0 Å². The van der Waals surface area contributed by atoms with Gasteiger partial charge in [0.05, 0.1) is 6.42 Å². The fraction of sp³-hybridized carbons (Fsp3) is 0.846. The Morgan fingerprint density at radius 3 is 2.42 bits per heavy atom. The number of carboxylic acids is 1. The summed E-state index contributed by atoms with van der Waals surface area (Å²) in [5.41, 5.74) is -0.305. The highest BCUT2D eigenvalue weighted by Gasteiger charge is 2.28. The Morgan fingerprint density at radius 2 is 1.95 bits per heavy atom. The van der Waals surface area contributed by atoms with Gasteiger partial charge in [-0.1, -0.05) is 20.8 Å². The highest BCUT2D eigenvalue weighted by molar-refractivity contribution is 5.75. The summed E-state index contributed by atoms with van der Waals surface area (Å²) >= 11 is 0. The van der Waals surface area contributed by atoms with E-state index in [-0.39, 0.29) is 17.9 Å². The van der Waals surface area contributed by atoms with Gasteiger partial charge < -0.3 is 20.5 Å². The van der Waals surface area contributed by atoms with E-state index in [0.717, 1.165) is 6.42 Å². The van der Waals surface area contributed by atoms with Crippen LogP contribution in [0.25, 0.3) is 0 Å². The lowest BCUT2D eigenvalue weighted by molar-refractivity contribution is -0.138. The molecule has 0 radical (unpaired) electrons. The molecule has 0 aromatic heterocycles. The molecule has 6 nitrogen and oxygen atoms in total. The first kappa shape index (κ1) is 17.7. The first-order chi connectivity index (χ1) is 8.77. The zero-order valence-corrected chi connectivity index (χ0v) is 12.3. The minimum atomic E-state index is -0.920. The molecule has 0 heterocycles. The minimum absolute atomic E-state index is 0.0874. The van der Waals surface area contributed by atoms with Crippen LogP contribution in [0.5, 0.6) is 0 Å². The van der Waals surface area contributed by atoms with Gasteiger partial charge in [0.15, 0.2) is 0 Å². The number of carboxylic acid groups (broad SMARTS) is 1. The van der Waals surface area contributed by atoms with Crippen LogP contribution in [-0.2, 0) is 9.53 Å². The summed E-state index contributed by atoms with van der Waals surface area (Å²) in [5.74, 6) is -0.920. The molecular weight excluding hydrogens is 248 g/mol. The number of urea groups is 1. The van der Waals surface area contributed by atoms with Gasteiger partial charge in [-0.25, -0.2) is 4.79 Å². The second-order valence-corrected chi connectivity index (χ2v) is 5.47. The van der Waals surface area contributed by atoms with Crippen LogP contribution in [0.2, 0.25) is 0 Å². The Labute approximate surface area is 114 Å². The largest absolute Gasteiger partial charge is 0.481 e. The van der Waals surface area contributed by atoms with E-state index in [2.05, 4.69) is 10.6 Å². The van der Waals surface area contributed by atoms with Gasteiger partial charge in [-0.3, -0.25) is 4.79 Å². The third-order valence-electron chi connectivity index (χ3n) is 2.68. The van der Waals surface area contributed by atoms with Crippen LogP contribution in [0, 0.1) is 5.41 Å². The van der Waals surface area contributed by atoms with Gasteiger partial charge in [0.25, 0.3) is 0 Å². The number of rotatable bonds is 8. The molecule has 0 spiro atoms. The first-order valence-electron chi connectivity index (χ1n) is 6.61. The van der Waals surface area contributed by atoms with Crippen molar-refractivity contribution in [3.63, 3.8) is 0 Å². The number of aliphatic carboxylic acids is 1. The maximum atomic E-state index is 11.7. The summed E-state index contributed by atoms with van der Waals surface area (Å²) in [4.78, 5) is 22.4. The van der Waals surface area contributed by atoms with Crippen molar-refractivity contribution >= 4 is 12.0 Å². The molecule has 0 rings (SSSR count). The third-order valence-corrected chi connectivity index (χ3v) is 2.68. The van der Waals surface area contributed by atoms with E-state index in [4.69, 9.17) is 9.84 Å². The van der Waals surface area contributed by atoms with E-state index < -0.39 is 12.0 Å². The van der Waals surface area contributed by atoms with E-state index in [1.165, 1.54) is 0 Å². The summed E-state index contributed by atoms with van der Waals surface area (Å²) in [6.07, 6.45) is 0.649. The van der Waals surface area contributed by atoms with Crippen molar-refractivity contribution in [2.45, 2.75) is 46.6 Å². The maximum absolute atomic E-state index is 11.7. The lowest BCUT2D eigenvalue weighted by Crippen LogP contribution is -2.49. The van der Waals surface area contributed by atoms with Crippen LogP contribution >= 0.6 is 0 Å². The fourth-order valence-corrected chi connectivity index (χ4v) is 1.48. The average molecular weight is 274 g/mol. The molecule has 0 aliphatic rings. The maximum Gasteiger partial charge on any atom is 0.315 e. The summed E-state index contributed by atoms with van der Waals surface area (Å²) in [6.45, 7) is 9.39. The predicted octanol–water partition coefficient (Wildman–Crippen LogP) is 1.60. The summed E-state index contributed by atoms with van der Waals surface area (Å²) < 4.78 is 5.15. The van der Waals surface area contributed by atoms with Crippen LogP contribution in [-0.4, -0.2) is 42.9 Å². The van der Waals surface area contributed by atoms with Crippen LogP contribution in [0.4, 0.5) is 4.79 Å². The molecule has 1 atom stereocenters. The summed E-state index contributed by atoms with van der Waals surface area (Å²) in [6, 6.07) is -0.741. The van der Waals surface area contributed by atoms with Crippen LogP contribution in [0.3, 0.4) is 0 Å². The normalized spacial score (nSPS) is 12.8. The highest BCUT2D eigenvalue weighted by atomic mass is 16.5. The smallest absolute Gasteiger partial charge is 0.315 e. The topological polar surface area (TPSA) is 87.7 Å². The standard InChI is InChI=1S/C13H26N2O4/c1-5-19-8-6-7-14-12(18)15-10(9-11(16)17)13(2,3)4/h10H,5-9H2,1-4H3,(H,16,17)(H2,14,15,18). The molecule has 0 saturated heterocycles. The molecular formula is C13H26N2O4. The second kappa shape index (κ2) is 8.74. The lowest BCUT2D eigenvalue weighted by Gasteiger charge is -2.30. The van der Waals surface area contributed by atoms with Crippen molar-refractivity contribution < 1.29 is 19.4 Å². The van der Waals surface area contributed by atoms with E-state index in [1.54, 1.807) is 0 Å². The highest BCUT2D eigenvalue weighted by Crippen LogP contribution is 2.21. The van der Waals surface area contributed by atoms with Gasteiger partial charge in [-0.15, -0.1) is 0 Å². The van der Waals surface area contributed by atoms with Crippen molar-refractivity contribution in [1.82, 2.24) is 10.6 Å². The second-order valence-electron chi connectivity index (χ2n) is 5.47.